The van der Waals surface area contributed by atoms with E-state index in [4.69, 9.17) is 0 Å². The van der Waals surface area contributed by atoms with Crippen LogP contribution in [0.5, 0.6) is 0 Å². The zero-order chi connectivity index (χ0) is 24.8. The van der Waals surface area contributed by atoms with Crippen LogP contribution < -0.4 is 9.13 Å². The molecule has 0 aromatic carbocycles. The molecule has 0 aliphatic heterocycles. The van der Waals surface area contributed by atoms with Crippen molar-refractivity contribution in [3.8, 4) is 11.1 Å². The van der Waals surface area contributed by atoms with Gasteiger partial charge in [0.2, 0.25) is 0 Å². The van der Waals surface area contributed by atoms with E-state index in [1.807, 2.05) is 0 Å². The monoisotopic (exact) mass is 480 g/mol. The first-order valence-electron chi connectivity index (χ1n) is 15.3. The third kappa shape index (κ3) is 14.5. The molecule has 0 spiro atoms. The van der Waals surface area contributed by atoms with Crippen molar-refractivity contribution in [1.29, 1.82) is 0 Å². The maximum atomic E-state index is 2.35. The number of hydrogen-bond donors (Lipinski definition) is 0. The molecule has 0 saturated heterocycles. The molecular weight excluding hydrogens is 424 g/mol. The highest BCUT2D eigenvalue weighted by molar-refractivity contribution is 5.60. The van der Waals surface area contributed by atoms with Crippen molar-refractivity contribution in [1.82, 2.24) is 0 Å². The molecule has 2 aromatic heterocycles. The minimum atomic E-state index is 1.13. The van der Waals surface area contributed by atoms with E-state index < -0.39 is 0 Å². The average molecular weight is 481 g/mol. The zero-order valence-electron chi connectivity index (χ0n) is 23.4. The molecule has 2 nitrogen and oxygen atoms in total. The summed E-state index contributed by atoms with van der Waals surface area (Å²) in [5.74, 6) is 0. The van der Waals surface area contributed by atoms with Crippen LogP contribution in [0.1, 0.15) is 136 Å². The van der Waals surface area contributed by atoms with E-state index in [1.165, 1.54) is 133 Å². The molecule has 0 saturated carbocycles. The van der Waals surface area contributed by atoms with Gasteiger partial charge in [-0.15, -0.1) is 0 Å². The Morgan fingerprint density at radius 1 is 0.371 bits per heavy atom. The van der Waals surface area contributed by atoms with E-state index in [1.54, 1.807) is 0 Å². The van der Waals surface area contributed by atoms with Gasteiger partial charge < -0.3 is 0 Å². The predicted molar refractivity (Wildman–Crippen MR) is 151 cm³/mol. The Labute approximate surface area is 218 Å². The Kier molecular flexibility index (Phi) is 17.3. The fourth-order valence-corrected chi connectivity index (χ4v) is 4.98. The standard InChI is InChI=1S/C33H56N2/c1-3-5-7-8-9-10-11-12-13-14-15-16-17-18-19-21-27-35-30-24-33(25-31-35)32-22-28-34(29-23-32)26-20-6-4-2/h22-25,28-31H,3-21,26-27H2,1-2H3/q+2. The molecule has 196 valence electrons. The minimum absolute atomic E-state index is 1.13. The molecule has 35 heavy (non-hydrogen) atoms. The number of nitrogens with zero attached hydrogens (tertiary/aromatic N) is 2. The average Bonchev–Trinajstić information content (AvgIpc) is 2.89. The Morgan fingerprint density at radius 3 is 0.971 bits per heavy atom. The summed E-state index contributed by atoms with van der Waals surface area (Å²) < 4.78 is 4.65. The number of aromatic nitrogens is 2. The first-order valence-corrected chi connectivity index (χ1v) is 15.3. The van der Waals surface area contributed by atoms with Crippen molar-refractivity contribution in [3.05, 3.63) is 49.1 Å². The van der Waals surface area contributed by atoms with Gasteiger partial charge in [-0.2, -0.15) is 0 Å². The van der Waals surface area contributed by atoms with E-state index in [-0.39, 0.29) is 0 Å². The largest absolute Gasteiger partial charge is 0.205 e. The fourth-order valence-electron chi connectivity index (χ4n) is 4.98. The molecule has 0 aliphatic carbocycles. The van der Waals surface area contributed by atoms with Crippen molar-refractivity contribution < 1.29 is 9.13 Å². The maximum Gasteiger partial charge on any atom is 0.169 e. The van der Waals surface area contributed by atoms with E-state index in [0.29, 0.717) is 0 Å². The first kappa shape index (κ1) is 29.5. The normalized spacial score (nSPS) is 11.3. The highest BCUT2D eigenvalue weighted by Crippen LogP contribution is 2.16. The van der Waals surface area contributed by atoms with Gasteiger partial charge in [-0.25, -0.2) is 9.13 Å². The second-order valence-electron chi connectivity index (χ2n) is 10.7. The van der Waals surface area contributed by atoms with Crippen LogP contribution >= 0.6 is 0 Å². The Hall–Kier alpha value is -1.70. The van der Waals surface area contributed by atoms with E-state index >= 15 is 0 Å². The lowest BCUT2D eigenvalue weighted by molar-refractivity contribution is -0.697. The molecule has 2 heteroatoms. The topological polar surface area (TPSA) is 7.76 Å². The summed E-state index contributed by atoms with van der Waals surface area (Å²) in [6.45, 7) is 6.83. The van der Waals surface area contributed by atoms with Gasteiger partial charge in [0.15, 0.2) is 24.8 Å². The maximum absolute atomic E-state index is 2.35. The predicted octanol–water partition coefficient (Wildman–Crippen LogP) is 9.38. The minimum Gasteiger partial charge on any atom is -0.205 e. The lowest BCUT2D eigenvalue weighted by atomic mass is 10.0. The summed E-state index contributed by atoms with van der Waals surface area (Å²) in [7, 11) is 0. The fraction of sp³-hybridized carbons (Fsp3) is 0.697. The van der Waals surface area contributed by atoms with Crippen LogP contribution in [0.2, 0.25) is 0 Å². The molecule has 0 fully saturated rings. The summed E-state index contributed by atoms with van der Waals surface area (Å²) in [6.07, 6.45) is 35.7. The number of aryl methyl sites for hydroxylation is 2. The smallest absolute Gasteiger partial charge is 0.169 e. The number of rotatable bonds is 22. The van der Waals surface area contributed by atoms with Gasteiger partial charge in [-0.3, -0.25) is 0 Å². The molecule has 0 amide bonds. The quantitative estimate of drug-likeness (QED) is 0.117. The number of unbranched alkanes of at least 4 members (excludes halogenated alkanes) is 17. The molecule has 0 bridgehead atoms. The van der Waals surface area contributed by atoms with E-state index in [0.717, 1.165) is 13.1 Å². The van der Waals surface area contributed by atoms with Gasteiger partial charge in [0, 0.05) is 37.1 Å². The van der Waals surface area contributed by atoms with Gasteiger partial charge in [-0.05, 0) is 24.0 Å². The van der Waals surface area contributed by atoms with Crippen LogP contribution in [0.15, 0.2) is 49.1 Å². The summed E-state index contributed by atoms with van der Waals surface area (Å²) >= 11 is 0. The van der Waals surface area contributed by atoms with Gasteiger partial charge in [0.25, 0.3) is 0 Å². The lowest BCUT2D eigenvalue weighted by Gasteiger charge is -2.04. The highest BCUT2D eigenvalue weighted by Gasteiger charge is 2.06. The van der Waals surface area contributed by atoms with E-state index in [2.05, 4.69) is 72.0 Å². The van der Waals surface area contributed by atoms with Gasteiger partial charge in [-0.1, -0.05) is 110 Å². The van der Waals surface area contributed by atoms with Crippen LogP contribution in [0.3, 0.4) is 0 Å². The van der Waals surface area contributed by atoms with Crippen LogP contribution in [0.25, 0.3) is 11.1 Å². The molecule has 0 atom stereocenters. The molecule has 0 radical (unpaired) electrons. The van der Waals surface area contributed by atoms with Crippen molar-refractivity contribution >= 4 is 0 Å². The molecule has 0 N–H and O–H groups in total. The van der Waals surface area contributed by atoms with Crippen molar-refractivity contribution in [3.63, 3.8) is 0 Å². The molecule has 2 heterocycles. The molecule has 0 unspecified atom stereocenters. The third-order valence-corrected chi connectivity index (χ3v) is 7.41. The molecular formula is C33H56N2+2. The van der Waals surface area contributed by atoms with Gasteiger partial charge in [0.1, 0.15) is 13.1 Å². The summed E-state index contributed by atoms with van der Waals surface area (Å²) in [5.41, 5.74) is 2.63. The van der Waals surface area contributed by atoms with Gasteiger partial charge in [0.05, 0.1) is 0 Å². The zero-order valence-corrected chi connectivity index (χ0v) is 23.4. The van der Waals surface area contributed by atoms with Crippen LogP contribution in [0.4, 0.5) is 0 Å². The second-order valence-corrected chi connectivity index (χ2v) is 10.7. The van der Waals surface area contributed by atoms with Crippen molar-refractivity contribution in [2.24, 2.45) is 0 Å². The number of hydrogen-bond acceptors (Lipinski definition) is 0. The SMILES string of the molecule is CCCCCCCCCCCCCCCCCC[n+]1ccc(-c2cc[n+](CCCCC)cc2)cc1. The Morgan fingerprint density at radius 2 is 0.629 bits per heavy atom. The Balaban J connectivity index is 1.44. The molecule has 0 aliphatic rings. The van der Waals surface area contributed by atoms with Gasteiger partial charge >= 0.3 is 0 Å². The molecule has 2 rings (SSSR count). The first-order chi connectivity index (χ1) is 17.3. The second kappa shape index (κ2) is 20.5. The van der Waals surface area contributed by atoms with Crippen molar-refractivity contribution in [2.45, 2.75) is 149 Å². The third-order valence-electron chi connectivity index (χ3n) is 7.41. The van der Waals surface area contributed by atoms with Crippen LogP contribution in [0, 0.1) is 0 Å². The lowest BCUT2D eigenvalue weighted by Crippen LogP contribution is -2.33. The van der Waals surface area contributed by atoms with Crippen LogP contribution in [-0.4, -0.2) is 0 Å². The van der Waals surface area contributed by atoms with Crippen LogP contribution in [-0.2, 0) is 13.1 Å². The summed E-state index contributed by atoms with van der Waals surface area (Å²) in [6, 6.07) is 9.04. The summed E-state index contributed by atoms with van der Waals surface area (Å²) in [4.78, 5) is 0. The molecule has 2 aromatic rings. The Bertz CT molecular complexity index is 720. The summed E-state index contributed by atoms with van der Waals surface area (Å²) in [5, 5.41) is 0. The van der Waals surface area contributed by atoms with Crippen molar-refractivity contribution in [2.75, 3.05) is 0 Å². The number of pyridine rings is 2. The van der Waals surface area contributed by atoms with E-state index in [9.17, 15) is 0 Å². The highest BCUT2D eigenvalue weighted by atomic mass is 14.9.